The minimum Gasteiger partial charge on any atom is -0.326 e. The molecule has 4 heteroatoms. The van der Waals surface area contributed by atoms with Gasteiger partial charge in [0.05, 0.1) is 0 Å². The number of carbonyl (C=O) groups is 1. The van der Waals surface area contributed by atoms with Crippen molar-refractivity contribution in [2.45, 2.75) is 19.8 Å². The summed E-state index contributed by atoms with van der Waals surface area (Å²) in [6.07, 6.45) is 1.82. The molecule has 0 spiro atoms. The van der Waals surface area contributed by atoms with Crippen molar-refractivity contribution in [3.05, 3.63) is 28.8 Å². The lowest BCUT2D eigenvalue weighted by atomic mass is 9.97. The van der Waals surface area contributed by atoms with E-state index in [1.807, 2.05) is 19.1 Å². The minimum atomic E-state index is 0.103. The Balaban J connectivity index is 1.99. The molecule has 1 heterocycles. The summed E-state index contributed by atoms with van der Waals surface area (Å²) in [7, 11) is 0. The number of hydrogen-bond acceptors (Lipinski definition) is 2. The largest absolute Gasteiger partial charge is 0.326 e. The third-order valence-corrected chi connectivity index (χ3v) is 3.56. The second kappa shape index (κ2) is 5.52. The number of benzene rings is 1. The van der Waals surface area contributed by atoms with E-state index in [-0.39, 0.29) is 11.8 Å². The maximum absolute atomic E-state index is 12.0. The van der Waals surface area contributed by atoms with E-state index in [0.717, 1.165) is 37.2 Å². The van der Waals surface area contributed by atoms with E-state index in [2.05, 4.69) is 10.6 Å². The Morgan fingerprint density at radius 3 is 2.76 bits per heavy atom. The molecule has 0 unspecified atom stereocenters. The van der Waals surface area contributed by atoms with E-state index < -0.39 is 0 Å². The van der Waals surface area contributed by atoms with Gasteiger partial charge >= 0.3 is 0 Å². The number of carbonyl (C=O) groups excluding carboxylic acids is 1. The molecule has 0 saturated carbocycles. The normalized spacial score (nSPS) is 16.8. The Kier molecular flexibility index (Phi) is 4.02. The molecule has 0 atom stereocenters. The molecule has 2 N–H and O–H groups in total. The second-order valence-electron chi connectivity index (χ2n) is 4.48. The van der Waals surface area contributed by atoms with Gasteiger partial charge in [-0.2, -0.15) is 0 Å². The van der Waals surface area contributed by atoms with Gasteiger partial charge in [0.2, 0.25) is 5.91 Å². The summed E-state index contributed by atoms with van der Waals surface area (Å²) in [6.45, 7) is 3.79. The van der Waals surface area contributed by atoms with E-state index in [9.17, 15) is 4.79 Å². The van der Waals surface area contributed by atoms with E-state index in [1.165, 1.54) is 0 Å². The predicted octanol–water partition coefficient (Wildman–Crippen LogP) is 2.59. The number of aryl methyl sites for hydroxylation is 1. The average Bonchev–Trinajstić information content (AvgIpc) is 2.35. The Morgan fingerprint density at radius 2 is 2.12 bits per heavy atom. The van der Waals surface area contributed by atoms with Crippen molar-refractivity contribution in [3.8, 4) is 0 Å². The van der Waals surface area contributed by atoms with Gasteiger partial charge < -0.3 is 10.6 Å². The van der Waals surface area contributed by atoms with Gasteiger partial charge in [-0.05, 0) is 50.6 Å². The van der Waals surface area contributed by atoms with Gasteiger partial charge in [-0.15, -0.1) is 0 Å². The van der Waals surface area contributed by atoms with E-state index in [4.69, 9.17) is 11.6 Å². The summed E-state index contributed by atoms with van der Waals surface area (Å²) < 4.78 is 0. The van der Waals surface area contributed by atoms with Crippen molar-refractivity contribution in [1.29, 1.82) is 0 Å². The summed E-state index contributed by atoms with van der Waals surface area (Å²) in [5.41, 5.74) is 1.80. The monoisotopic (exact) mass is 252 g/mol. The highest BCUT2D eigenvalue weighted by atomic mass is 35.5. The third-order valence-electron chi connectivity index (χ3n) is 3.15. The first-order valence-electron chi connectivity index (χ1n) is 5.94. The highest BCUT2D eigenvalue weighted by molar-refractivity contribution is 6.31. The van der Waals surface area contributed by atoms with Crippen LogP contribution in [0.2, 0.25) is 5.02 Å². The Hall–Kier alpha value is -1.06. The molecule has 0 aromatic heterocycles. The maximum Gasteiger partial charge on any atom is 0.227 e. The van der Waals surface area contributed by atoms with Crippen molar-refractivity contribution in [1.82, 2.24) is 5.32 Å². The van der Waals surface area contributed by atoms with E-state index in [0.29, 0.717) is 5.02 Å². The van der Waals surface area contributed by atoms with Crippen LogP contribution in [-0.4, -0.2) is 19.0 Å². The number of piperidine rings is 1. The van der Waals surface area contributed by atoms with Gasteiger partial charge in [-0.1, -0.05) is 17.7 Å². The smallest absolute Gasteiger partial charge is 0.227 e. The molecule has 0 aliphatic carbocycles. The molecule has 1 amide bonds. The number of halogens is 1. The molecule has 0 radical (unpaired) electrons. The fraction of sp³-hybridized carbons (Fsp3) is 0.462. The molecular formula is C13H17ClN2O. The standard InChI is InChI=1S/C13H17ClN2O/c1-9-2-3-11(8-12(9)14)16-13(17)10-4-6-15-7-5-10/h2-3,8,10,15H,4-7H2,1H3,(H,16,17). The zero-order valence-corrected chi connectivity index (χ0v) is 10.7. The quantitative estimate of drug-likeness (QED) is 0.850. The van der Waals surface area contributed by atoms with Crippen LogP contribution in [0.1, 0.15) is 18.4 Å². The van der Waals surface area contributed by atoms with E-state index >= 15 is 0 Å². The van der Waals surface area contributed by atoms with Crippen molar-refractivity contribution >= 4 is 23.2 Å². The molecular weight excluding hydrogens is 236 g/mol. The van der Waals surface area contributed by atoms with Crippen LogP contribution in [0.4, 0.5) is 5.69 Å². The van der Waals surface area contributed by atoms with Crippen molar-refractivity contribution < 1.29 is 4.79 Å². The minimum absolute atomic E-state index is 0.103. The van der Waals surface area contributed by atoms with Crippen LogP contribution in [0.15, 0.2) is 18.2 Å². The third kappa shape index (κ3) is 3.20. The zero-order valence-electron chi connectivity index (χ0n) is 9.92. The molecule has 2 rings (SSSR count). The first-order valence-corrected chi connectivity index (χ1v) is 6.32. The van der Waals surface area contributed by atoms with Crippen LogP contribution in [-0.2, 0) is 4.79 Å². The zero-order chi connectivity index (χ0) is 12.3. The maximum atomic E-state index is 12.0. The van der Waals surface area contributed by atoms with Crippen molar-refractivity contribution in [2.24, 2.45) is 5.92 Å². The molecule has 3 nitrogen and oxygen atoms in total. The Bertz CT molecular complexity index is 414. The van der Waals surface area contributed by atoms with Crippen LogP contribution < -0.4 is 10.6 Å². The molecule has 1 saturated heterocycles. The fourth-order valence-corrected chi connectivity index (χ4v) is 2.18. The van der Waals surface area contributed by atoms with Gasteiger partial charge in [0.15, 0.2) is 0 Å². The van der Waals surface area contributed by atoms with E-state index in [1.54, 1.807) is 6.07 Å². The molecule has 1 aliphatic rings. The summed E-state index contributed by atoms with van der Waals surface area (Å²) in [6, 6.07) is 5.61. The Labute approximate surface area is 107 Å². The van der Waals surface area contributed by atoms with Gasteiger partial charge in [-0.25, -0.2) is 0 Å². The SMILES string of the molecule is Cc1ccc(NC(=O)C2CCNCC2)cc1Cl. The van der Waals surface area contributed by atoms with Crippen molar-refractivity contribution in [3.63, 3.8) is 0 Å². The topological polar surface area (TPSA) is 41.1 Å². The van der Waals surface area contributed by atoms with Gasteiger partial charge in [0.25, 0.3) is 0 Å². The Morgan fingerprint density at radius 1 is 1.41 bits per heavy atom. The van der Waals surface area contributed by atoms with Crippen LogP contribution in [0.5, 0.6) is 0 Å². The number of rotatable bonds is 2. The lowest BCUT2D eigenvalue weighted by Crippen LogP contribution is -2.34. The molecule has 1 aliphatic heterocycles. The van der Waals surface area contributed by atoms with Crippen LogP contribution in [0, 0.1) is 12.8 Å². The highest BCUT2D eigenvalue weighted by Crippen LogP contribution is 2.21. The molecule has 17 heavy (non-hydrogen) atoms. The average molecular weight is 253 g/mol. The van der Waals surface area contributed by atoms with Gasteiger partial charge in [0.1, 0.15) is 0 Å². The first-order chi connectivity index (χ1) is 8.16. The molecule has 0 bridgehead atoms. The lowest BCUT2D eigenvalue weighted by Gasteiger charge is -2.21. The molecule has 1 aromatic rings. The number of amides is 1. The van der Waals surface area contributed by atoms with Crippen LogP contribution in [0.25, 0.3) is 0 Å². The summed E-state index contributed by atoms with van der Waals surface area (Å²) in [4.78, 5) is 12.0. The molecule has 92 valence electrons. The molecule has 1 fully saturated rings. The van der Waals surface area contributed by atoms with Gasteiger partial charge in [-0.3, -0.25) is 4.79 Å². The van der Waals surface area contributed by atoms with Crippen molar-refractivity contribution in [2.75, 3.05) is 18.4 Å². The number of hydrogen-bond donors (Lipinski definition) is 2. The first kappa shape index (κ1) is 12.4. The predicted molar refractivity (Wildman–Crippen MR) is 70.4 cm³/mol. The lowest BCUT2D eigenvalue weighted by molar-refractivity contribution is -0.120. The number of anilines is 1. The van der Waals surface area contributed by atoms with Gasteiger partial charge in [0, 0.05) is 16.6 Å². The van der Waals surface area contributed by atoms with Crippen LogP contribution >= 0.6 is 11.6 Å². The van der Waals surface area contributed by atoms with Crippen LogP contribution in [0.3, 0.4) is 0 Å². The summed E-state index contributed by atoms with van der Waals surface area (Å²) in [5.74, 6) is 0.225. The summed E-state index contributed by atoms with van der Waals surface area (Å²) in [5, 5.41) is 6.87. The second-order valence-corrected chi connectivity index (χ2v) is 4.88. The highest BCUT2D eigenvalue weighted by Gasteiger charge is 2.20. The summed E-state index contributed by atoms with van der Waals surface area (Å²) >= 11 is 6.02. The fourth-order valence-electron chi connectivity index (χ4n) is 2.00. The number of nitrogens with one attached hydrogen (secondary N) is 2. The molecule has 1 aromatic carbocycles.